The van der Waals surface area contributed by atoms with Crippen LogP contribution in [0, 0.1) is 0 Å². The maximum absolute atomic E-state index is 4.91. The van der Waals surface area contributed by atoms with Gasteiger partial charge in [-0.3, -0.25) is 4.57 Å². The molecule has 0 fully saturated rings. The summed E-state index contributed by atoms with van der Waals surface area (Å²) in [7, 11) is 0. The second kappa shape index (κ2) is 7.18. The number of nitrogens with zero attached hydrogens (tertiary/aromatic N) is 4. The Morgan fingerprint density at radius 1 is 0.419 bits per heavy atom. The average molecular weight is 398 g/mol. The lowest BCUT2D eigenvalue weighted by Crippen LogP contribution is -2.06. The summed E-state index contributed by atoms with van der Waals surface area (Å²) in [6.45, 7) is 0. The van der Waals surface area contributed by atoms with E-state index in [2.05, 4.69) is 53.1 Å². The van der Waals surface area contributed by atoms with Crippen molar-refractivity contribution in [1.29, 1.82) is 0 Å². The number of hydrogen-bond acceptors (Lipinski definition) is 3. The van der Waals surface area contributed by atoms with Crippen molar-refractivity contribution in [1.82, 2.24) is 19.5 Å². The molecule has 0 bridgehead atoms. The van der Waals surface area contributed by atoms with Gasteiger partial charge in [0.05, 0.1) is 11.0 Å². The predicted molar refractivity (Wildman–Crippen MR) is 125 cm³/mol. The van der Waals surface area contributed by atoms with Gasteiger partial charge in [-0.05, 0) is 12.1 Å². The average Bonchev–Trinajstić information content (AvgIpc) is 3.19. The van der Waals surface area contributed by atoms with Gasteiger partial charge in [-0.1, -0.05) is 97.1 Å². The summed E-state index contributed by atoms with van der Waals surface area (Å²) in [4.78, 5) is 14.6. The highest BCUT2D eigenvalue weighted by Crippen LogP contribution is 2.31. The summed E-state index contributed by atoms with van der Waals surface area (Å²) in [5, 5.41) is 2.36. The highest BCUT2D eigenvalue weighted by molar-refractivity contribution is 6.08. The van der Waals surface area contributed by atoms with Crippen molar-refractivity contribution in [2.45, 2.75) is 0 Å². The summed E-state index contributed by atoms with van der Waals surface area (Å²) < 4.78 is 2.13. The van der Waals surface area contributed by atoms with Crippen LogP contribution in [0.15, 0.2) is 109 Å². The first-order chi connectivity index (χ1) is 15.4. The molecule has 0 spiro atoms. The van der Waals surface area contributed by atoms with Crippen LogP contribution in [0.1, 0.15) is 0 Å². The molecule has 0 radical (unpaired) electrons. The Bertz CT molecular complexity index is 1410. The third-order valence-corrected chi connectivity index (χ3v) is 5.47. The number of hydrogen-bond donors (Lipinski definition) is 0. The second-order valence-corrected chi connectivity index (χ2v) is 7.38. The van der Waals surface area contributed by atoms with Gasteiger partial charge in [0.2, 0.25) is 5.95 Å². The molecule has 0 unspecified atom stereocenters. The minimum atomic E-state index is 0.616. The van der Waals surface area contributed by atoms with Gasteiger partial charge < -0.3 is 0 Å². The molecule has 0 saturated carbocycles. The number of para-hydroxylation sites is 2. The number of fused-ring (bicyclic) bond motifs is 3. The van der Waals surface area contributed by atoms with Gasteiger partial charge in [0.25, 0.3) is 0 Å². The van der Waals surface area contributed by atoms with Crippen molar-refractivity contribution < 1.29 is 0 Å². The second-order valence-electron chi connectivity index (χ2n) is 7.38. The zero-order chi connectivity index (χ0) is 20.6. The zero-order valence-corrected chi connectivity index (χ0v) is 16.7. The Labute approximate surface area is 179 Å². The van der Waals surface area contributed by atoms with Gasteiger partial charge in [0.15, 0.2) is 11.6 Å². The summed E-state index contributed by atoms with van der Waals surface area (Å²) in [5.74, 6) is 1.93. The van der Waals surface area contributed by atoms with Gasteiger partial charge in [-0.15, -0.1) is 0 Å². The monoisotopic (exact) mass is 398 g/mol. The molecule has 0 aliphatic rings. The van der Waals surface area contributed by atoms with E-state index in [1.807, 2.05) is 60.7 Å². The number of aromatic nitrogens is 4. The molecule has 6 aromatic rings. The normalized spacial score (nSPS) is 11.2. The first kappa shape index (κ1) is 17.5. The molecule has 2 aromatic heterocycles. The zero-order valence-electron chi connectivity index (χ0n) is 16.7. The van der Waals surface area contributed by atoms with Crippen LogP contribution in [0.3, 0.4) is 0 Å². The third-order valence-electron chi connectivity index (χ3n) is 5.47. The van der Waals surface area contributed by atoms with Crippen molar-refractivity contribution in [3.05, 3.63) is 109 Å². The lowest BCUT2D eigenvalue weighted by molar-refractivity contribution is 0.953. The lowest BCUT2D eigenvalue weighted by Gasteiger charge is -2.10. The van der Waals surface area contributed by atoms with E-state index in [0.717, 1.165) is 22.2 Å². The van der Waals surface area contributed by atoms with E-state index >= 15 is 0 Å². The van der Waals surface area contributed by atoms with Crippen LogP contribution < -0.4 is 0 Å². The summed E-state index contributed by atoms with van der Waals surface area (Å²) in [6.07, 6.45) is 0. The Balaban J connectivity index is 1.69. The van der Waals surface area contributed by atoms with Crippen molar-refractivity contribution >= 4 is 21.8 Å². The maximum atomic E-state index is 4.91. The molecule has 0 amide bonds. The van der Waals surface area contributed by atoms with Gasteiger partial charge in [-0.2, -0.15) is 9.97 Å². The summed E-state index contributed by atoms with van der Waals surface area (Å²) in [5.41, 5.74) is 4.08. The van der Waals surface area contributed by atoms with Gasteiger partial charge >= 0.3 is 0 Å². The topological polar surface area (TPSA) is 43.6 Å². The van der Waals surface area contributed by atoms with Gasteiger partial charge in [0, 0.05) is 21.9 Å². The fraction of sp³-hybridized carbons (Fsp3) is 0. The van der Waals surface area contributed by atoms with E-state index in [1.165, 1.54) is 10.8 Å². The molecule has 0 atom stereocenters. The number of rotatable bonds is 3. The van der Waals surface area contributed by atoms with Crippen LogP contribution in [0.2, 0.25) is 0 Å². The molecule has 4 nitrogen and oxygen atoms in total. The molecule has 2 heterocycles. The lowest BCUT2D eigenvalue weighted by atomic mass is 10.2. The molecule has 0 N–H and O–H groups in total. The van der Waals surface area contributed by atoms with Crippen LogP contribution in [0.5, 0.6) is 0 Å². The van der Waals surface area contributed by atoms with Crippen molar-refractivity contribution in [2.24, 2.45) is 0 Å². The molecule has 4 heteroatoms. The Kier molecular flexibility index (Phi) is 4.06. The van der Waals surface area contributed by atoms with Gasteiger partial charge in [-0.25, -0.2) is 4.98 Å². The first-order valence-electron chi connectivity index (χ1n) is 10.2. The molecule has 146 valence electrons. The largest absolute Gasteiger partial charge is 0.278 e. The summed E-state index contributed by atoms with van der Waals surface area (Å²) >= 11 is 0. The minimum absolute atomic E-state index is 0.616. The Morgan fingerprint density at radius 3 is 1.32 bits per heavy atom. The van der Waals surface area contributed by atoms with Crippen LogP contribution in [0.25, 0.3) is 50.5 Å². The fourth-order valence-corrected chi connectivity index (χ4v) is 4.04. The van der Waals surface area contributed by atoms with Crippen molar-refractivity contribution in [3.8, 4) is 28.7 Å². The Hall–Kier alpha value is -4.31. The van der Waals surface area contributed by atoms with Crippen molar-refractivity contribution in [2.75, 3.05) is 0 Å². The molecular formula is C27H18N4. The third kappa shape index (κ3) is 2.97. The molecule has 6 rings (SSSR count). The maximum Gasteiger partial charge on any atom is 0.238 e. The standard InChI is InChI=1S/C27H18N4/c1-3-11-19(12-4-1)25-28-26(20-13-5-2-6-14-20)30-27(29-25)31-23-17-9-7-15-21(23)22-16-8-10-18-24(22)31/h1-18H. The highest BCUT2D eigenvalue weighted by atomic mass is 15.2. The van der Waals surface area contributed by atoms with Gasteiger partial charge in [0.1, 0.15) is 0 Å². The molecule has 0 aliphatic carbocycles. The van der Waals surface area contributed by atoms with E-state index in [0.29, 0.717) is 17.6 Å². The van der Waals surface area contributed by atoms with Crippen LogP contribution in [-0.4, -0.2) is 19.5 Å². The molecular weight excluding hydrogens is 380 g/mol. The molecule has 4 aromatic carbocycles. The predicted octanol–water partition coefficient (Wildman–Crippen LogP) is 6.30. The first-order valence-corrected chi connectivity index (χ1v) is 10.2. The van der Waals surface area contributed by atoms with Crippen molar-refractivity contribution in [3.63, 3.8) is 0 Å². The number of benzene rings is 4. The van der Waals surface area contributed by atoms with E-state index in [-0.39, 0.29) is 0 Å². The Morgan fingerprint density at radius 2 is 0.839 bits per heavy atom. The van der Waals surface area contributed by atoms with Crippen LogP contribution in [0.4, 0.5) is 0 Å². The van der Waals surface area contributed by atoms with E-state index in [4.69, 9.17) is 15.0 Å². The SMILES string of the molecule is c1ccc(-c2nc(-c3ccccc3)nc(-n3c4ccccc4c4ccccc43)n2)cc1. The van der Waals surface area contributed by atoms with Crippen LogP contribution in [-0.2, 0) is 0 Å². The van der Waals surface area contributed by atoms with E-state index < -0.39 is 0 Å². The molecule has 0 aliphatic heterocycles. The summed E-state index contributed by atoms with van der Waals surface area (Å²) in [6, 6.07) is 36.9. The van der Waals surface area contributed by atoms with E-state index in [1.54, 1.807) is 0 Å². The fourth-order valence-electron chi connectivity index (χ4n) is 4.04. The molecule has 0 saturated heterocycles. The minimum Gasteiger partial charge on any atom is -0.278 e. The molecule has 31 heavy (non-hydrogen) atoms. The highest BCUT2D eigenvalue weighted by Gasteiger charge is 2.16. The smallest absolute Gasteiger partial charge is 0.238 e. The van der Waals surface area contributed by atoms with Crippen LogP contribution >= 0.6 is 0 Å². The van der Waals surface area contributed by atoms with E-state index in [9.17, 15) is 0 Å². The quantitative estimate of drug-likeness (QED) is 0.351.